The number of amides is 1. The van der Waals surface area contributed by atoms with Gasteiger partial charge in [0.1, 0.15) is 6.10 Å². The number of hydrogen-bond donors (Lipinski definition) is 0. The first-order valence-corrected chi connectivity index (χ1v) is 9.75. The Bertz CT molecular complexity index is 1010. The molecule has 6 heteroatoms. The molecule has 0 radical (unpaired) electrons. The van der Waals surface area contributed by atoms with Crippen molar-refractivity contribution in [2.75, 3.05) is 19.7 Å². The standard InChI is InChI=1S/C22H26N4O2/c1-14(2)18-12-17(20-15(3)24-25(4)21(20)23-18)22(27)26-10-11-28-19(13-26)16-8-6-5-7-9-16/h5-9,12,14,19H,10-11,13H2,1-4H3. The van der Waals surface area contributed by atoms with Crippen LogP contribution in [0.3, 0.4) is 0 Å². The second-order valence-corrected chi connectivity index (χ2v) is 7.68. The molecule has 1 saturated heterocycles. The maximum Gasteiger partial charge on any atom is 0.254 e. The first kappa shape index (κ1) is 18.6. The van der Waals surface area contributed by atoms with Crippen LogP contribution < -0.4 is 0 Å². The molecule has 0 bridgehead atoms. The molecule has 146 valence electrons. The van der Waals surface area contributed by atoms with E-state index >= 15 is 0 Å². The Morgan fingerprint density at radius 3 is 2.71 bits per heavy atom. The lowest BCUT2D eigenvalue weighted by atomic mass is 10.0. The van der Waals surface area contributed by atoms with Crippen LogP contribution in [0, 0.1) is 6.92 Å². The summed E-state index contributed by atoms with van der Waals surface area (Å²) in [5, 5.41) is 5.35. The fourth-order valence-corrected chi connectivity index (χ4v) is 3.80. The van der Waals surface area contributed by atoms with Crippen molar-refractivity contribution in [3.63, 3.8) is 0 Å². The van der Waals surface area contributed by atoms with Crippen LogP contribution in [0.2, 0.25) is 0 Å². The molecule has 4 rings (SSSR count). The topological polar surface area (TPSA) is 60.2 Å². The lowest BCUT2D eigenvalue weighted by Crippen LogP contribution is -2.42. The van der Waals surface area contributed by atoms with E-state index in [9.17, 15) is 4.79 Å². The van der Waals surface area contributed by atoms with Crippen LogP contribution in [0.4, 0.5) is 0 Å². The maximum absolute atomic E-state index is 13.5. The molecule has 1 amide bonds. The number of nitrogens with zero attached hydrogens (tertiary/aromatic N) is 4. The van der Waals surface area contributed by atoms with Crippen molar-refractivity contribution < 1.29 is 9.53 Å². The van der Waals surface area contributed by atoms with Gasteiger partial charge in [-0.2, -0.15) is 5.10 Å². The maximum atomic E-state index is 13.5. The summed E-state index contributed by atoms with van der Waals surface area (Å²) in [6, 6.07) is 12.0. The van der Waals surface area contributed by atoms with Gasteiger partial charge in [0.2, 0.25) is 0 Å². The van der Waals surface area contributed by atoms with Crippen LogP contribution in [-0.2, 0) is 11.8 Å². The van der Waals surface area contributed by atoms with Gasteiger partial charge in [-0.3, -0.25) is 9.48 Å². The number of ether oxygens (including phenoxy) is 1. The molecule has 6 nitrogen and oxygen atoms in total. The molecule has 1 aliphatic heterocycles. The van der Waals surface area contributed by atoms with Gasteiger partial charge in [-0.05, 0) is 24.5 Å². The van der Waals surface area contributed by atoms with Crippen molar-refractivity contribution in [2.24, 2.45) is 7.05 Å². The zero-order valence-electron chi connectivity index (χ0n) is 16.8. The van der Waals surface area contributed by atoms with E-state index in [-0.39, 0.29) is 17.9 Å². The Hall–Kier alpha value is -2.73. The highest BCUT2D eigenvalue weighted by Gasteiger charge is 2.29. The Kier molecular flexibility index (Phi) is 4.89. The van der Waals surface area contributed by atoms with Crippen LogP contribution >= 0.6 is 0 Å². The molecular formula is C22H26N4O2. The van der Waals surface area contributed by atoms with E-state index in [2.05, 4.69) is 18.9 Å². The SMILES string of the molecule is Cc1nn(C)c2nc(C(C)C)cc(C(=O)N3CCOC(c4ccccc4)C3)c12. The predicted molar refractivity (Wildman–Crippen MR) is 108 cm³/mol. The summed E-state index contributed by atoms with van der Waals surface area (Å²) in [7, 11) is 1.88. The number of carbonyl (C=O) groups excluding carboxylic acids is 1. The van der Waals surface area contributed by atoms with Crippen molar-refractivity contribution in [1.82, 2.24) is 19.7 Å². The van der Waals surface area contributed by atoms with Crippen molar-refractivity contribution in [3.8, 4) is 0 Å². The lowest BCUT2D eigenvalue weighted by molar-refractivity contribution is -0.0227. The molecule has 1 aliphatic rings. The highest BCUT2D eigenvalue weighted by molar-refractivity contribution is 6.06. The zero-order valence-corrected chi connectivity index (χ0v) is 16.8. The lowest BCUT2D eigenvalue weighted by Gasteiger charge is -2.33. The molecule has 2 aromatic heterocycles. The van der Waals surface area contributed by atoms with Crippen LogP contribution in [0.15, 0.2) is 36.4 Å². The van der Waals surface area contributed by atoms with Crippen LogP contribution in [0.5, 0.6) is 0 Å². The second-order valence-electron chi connectivity index (χ2n) is 7.68. The predicted octanol–water partition coefficient (Wildman–Crippen LogP) is 3.61. The summed E-state index contributed by atoms with van der Waals surface area (Å²) in [5.74, 6) is 0.252. The quantitative estimate of drug-likeness (QED) is 0.698. The minimum atomic E-state index is -0.101. The minimum absolute atomic E-state index is 0.0228. The fourth-order valence-electron chi connectivity index (χ4n) is 3.80. The molecule has 0 saturated carbocycles. The second kappa shape index (κ2) is 7.36. The number of carbonyl (C=O) groups is 1. The van der Waals surface area contributed by atoms with E-state index in [1.54, 1.807) is 4.68 Å². The van der Waals surface area contributed by atoms with E-state index < -0.39 is 0 Å². The van der Waals surface area contributed by atoms with E-state index in [1.807, 2.05) is 55.3 Å². The molecule has 28 heavy (non-hydrogen) atoms. The summed E-state index contributed by atoms with van der Waals surface area (Å²) in [6.07, 6.45) is -0.101. The van der Waals surface area contributed by atoms with Crippen LogP contribution in [0.1, 0.15) is 53.2 Å². The minimum Gasteiger partial charge on any atom is -0.370 e. The van der Waals surface area contributed by atoms with Gasteiger partial charge in [-0.1, -0.05) is 44.2 Å². The summed E-state index contributed by atoms with van der Waals surface area (Å²) in [4.78, 5) is 20.2. The molecule has 3 heterocycles. The summed E-state index contributed by atoms with van der Waals surface area (Å²) < 4.78 is 7.70. The van der Waals surface area contributed by atoms with E-state index in [0.29, 0.717) is 25.3 Å². The Labute approximate surface area is 165 Å². The summed E-state index contributed by atoms with van der Waals surface area (Å²) >= 11 is 0. The average Bonchev–Trinajstić information content (AvgIpc) is 3.01. The molecule has 3 aromatic rings. The Morgan fingerprint density at radius 1 is 1.25 bits per heavy atom. The number of rotatable bonds is 3. The van der Waals surface area contributed by atoms with Crippen molar-refractivity contribution in [3.05, 3.63) is 58.9 Å². The molecular weight excluding hydrogens is 352 g/mol. The highest BCUT2D eigenvalue weighted by atomic mass is 16.5. The number of fused-ring (bicyclic) bond motifs is 1. The van der Waals surface area contributed by atoms with Gasteiger partial charge in [0, 0.05) is 19.3 Å². The average molecular weight is 378 g/mol. The van der Waals surface area contributed by atoms with Gasteiger partial charge in [0.25, 0.3) is 5.91 Å². The highest BCUT2D eigenvalue weighted by Crippen LogP contribution is 2.28. The number of pyridine rings is 1. The van der Waals surface area contributed by atoms with Gasteiger partial charge in [0.15, 0.2) is 5.65 Å². The molecule has 0 spiro atoms. The van der Waals surface area contributed by atoms with Crippen LogP contribution in [-0.4, -0.2) is 45.3 Å². The molecule has 0 aliphatic carbocycles. The first-order chi connectivity index (χ1) is 13.5. The van der Waals surface area contributed by atoms with Crippen molar-refractivity contribution >= 4 is 16.9 Å². The third-order valence-corrected chi connectivity index (χ3v) is 5.34. The monoisotopic (exact) mass is 378 g/mol. The molecule has 1 aromatic carbocycles. The Morgan fingerprint density at radius 2 is 2.00 bits per heavy atom. The largest absolute Gasteiger partial charge is 0.370 e. The smallest absolute Gasteiger partial charge is 0.254 e. The molecule has 1 fully saturated rings. The normalized spacial score (nSPS) is 17.5. The molecule has 1 atom stereocenters. The fraction of sp³-hybridized carbons (Fsp3) is 0.409. The van der Waals surface area contributed by atoms with E-state index in [1.165, 1.54) is 0 Å². The summed E-state index contributed by atoms with van der Waals surface area (Å²) in [5.41, 5.74) is 4.29. The number of benzene rings is 1. The van der Waals surface area contributed by atoms with E-state index in [0.717, 1.165) is 28.0 Å². The zero-order chi connectivity index (χ0) is 19.8. The molecule has 0 N–H and O–H groups in total. The molecule has 1 unspecified atom stereocenters. The van der Waals surface area contributed by atoms with Crippen molar-refractivity contribution in [1.29, 1.82) is 0 Å². The van der Waals surface area contributed by atoms with Crippen molar-refractivity contribution in [2.45, 2.75) is 32.8 Å². The van der Waals surface area contributed by atoms with Crippen LogP contribution in [0.25, 0.3) is 11.0 Å². The number of aromatic nitrogens is 3. The van der Waals surface area contributed by atoms with Gasteiger partial charge in [-0.25, -0.2) is 4.98 Å². The number of morpholine rings is 1. The number of hydrogen-bond acceptors (Lipinski definition) is 4. The van der Waals surface area contributed by atoms with Gasteiger partial charge in [0.05, 0.1) is 29.8 Å². The van der Waals surface area contributed by atoms with Gasteiger partial charge < -0.3 is 9.64 Å². The summed E-state index contributed by atoms with van der Waals surface area (Å²) in [6.45, 7) is 7.77. The Balaban J connectivity index is 1.72. The first-order valence-electron chi connectivity index (χ1n) is 9.75. The van der Waals surface area contributed by atoms with E-state index in [4.69, 9.17) is 9.72 Å². The van der Waals surface area contributed by atoms with Gasteiger partial charge >= 0.3 is 0 Å². The van der Waals surface area contributed by atoms with Gasteiger partial charge in [-0.15, -0.1) is 0 Å². The third-order valence-electron chi connectivity index (χ3n) is 5.34. The number of aryl methyl sites for hydroxylation is 2. The third kappa shape index (κ3) is 3.29.